The molecule has 0 unspecified atom stereocenters. The van der Waals surface area contributed by atoms with E-state index in [1.165, 1.54) is 22.5 Å². The largest absolute Gasteiger partial charge is 0.315 e. The van der Waals surface area contributed by atoms with E-state index in [2.05, 4.69) is 46.9 Å². The van der Waals surface area contributed by atoms with E-state index in [9.17, 15) is 0 Å². The van der Waals surface area contributed by atoms with Gasteiger partial charge in [-0.25, -0.2) is 4.98 Å². The molecule has 0 spiro atoms. The fraction of sp³-hybridized carbons (Fsp3) is 0.357. The molecule has 0 saturated carbocycles. The molecule has 1 fully saturated rings. The zero-order valence-corrected chi connectivity index (χ0v) is 10.3. The summed E-state index contributed by atoms with van der Waals surface area (Å²) < 4.78 is 2.21. The van der Waals surface area contributed by atoms with Crippen LogP contribution in [0.2, 0.25) is 0 Å². The minimum atomic E-state index is 0.610. The Bertz CT molecular complexity index is 538. The number of hydrogen-bond acceptors (Lipinski definition) is 2. The maximum absolute atomic E-state index is 4.29. The van der Waals surface area contributed by atoms with Gasteiger partial charge in [0.05, 0.1) is 6.33 Å². The monoisotopic (exact) mass is 227 g/mol. The standard InChI is InChI=1S/C14H17N3/c1-10-3-4-13(5-11(10)2)17-9-16-8-14(17)12-6-15-7-12/h3-5,8-9,12,15H,6-7H2,1-2H3. The van der Waals surface area contributed by atoms with E-state index in [4.69, 9.17) is 0 Å². The maximum atomic E-state index is 4.29. The van der Waals surface area contributed by atoms with Gasteiger partial charge < -0.3 is 9.88 Å². The lowest BCUT2D eigenvalue weighted by atomic mass is 9.99. The van der Waals surface area contributed by atoms with Gasteiger partial charge in [-0.05, 0) is 37.1 Å². The number of nitrogens with zero attached hydrogens (tertiary/aromatic N) is 2. The van der Waals surface area contributed by atoms with Crippen molar-refractivity contribution in [2.75, 3.05) is 13.1 Å². The molecule has 1 aromatic carbocycles. The normalized spacial score (nSPS) is 15.9. The number of aromatic nitrogens is 2. The van der Waals surface area contributed by atoms with Crippen LogP contribution in [0.15, 0.2) is 30.7 Å². The van der Waals surface area contributed by atoms with Crippen molar-refractivity contribution < 1.29 is 0 Å². The highest BCUT2D eigenvalue weighted by atomic mass is 15.1. The van der Waals surface area contributed by atoms with Crippen LogP contribution in [0.5, 0.6) is 0 Å². The van der Waals surface area contributed by atoms with Crippen LogP contribution in [0.3, 0.4) is 0 Å². The van der Waals surface area contributed by atoms with Crippen molar-refractivity contribution in [2.24, 2.45) is 0 Å². The van der Waals surface area contributed by atoms with Crippen LogP contribution < -0.4 is 5.32 Å². The fourth-order valence-electron chi connectivity index (χ4n) is 2.20. The van der Waals surface area contributed by atoms with Crippen LogP contribution in [0, 0.1) is 13.8 Å². The van der Waals surface area contributed by atoms with Crippen LogP contribution in [0.25, 0.3) is 5.69 Å². The van der Waals surface area contributed by atoms with Crippen molar-refractivity contribution in [2.45, 2.75) is 19.8 Å². The lowest BCUT2D eigenvalue weighted by Gasteiger charge is -2.28. The number of nitrogens with one attached hydrogen (secondary N) is 1. The molecular weight excluding hydrogens is 210 g/mol. The summed E-state index contributed by atoms with van der Waals surface area (Å²) in [6.45, 7) is 6.43. The molecule has 1 saturated heterocycles. The van der Waals surface area contributed by atoms with Gasteiger partial charge in [0.2, 0.25) is 0 Å². The highest BCUT2D eigenvalue weighted by molar-refractivity contribution is 5.41. The van der Waals surface area contributed by atoms with Crippen LogP contribution in [0.1, 0.15) is 22.7 Å². The van der Waals surface area contributed by atoms with Crippen molar-refractivity contribution in [3.63, 3.8) is 0 Å². The SMILES string of the molecule is Cc1ccc(-n2cncc2C2CNC2)cc1C. The van der Waals surface area contributed by atoms with Gasteiger partial charge >= 0.3 is 0 Å². The first-order chi connectivity index (χ1) is 8.25. The number of hydrogen-bond donors (Lipinski definition) is 1. The molecule has 0 aliphatic carbocycles. The molecule has 2 heterocycles. The second-order valence-electron chi connectivity index (χ2n) is 4.81. The third-order valence-corrected chi connectivity index (χ3v) is 3.64. The lowest BCUT2D eigenvalue weighted by Crippen LogP contribution is -2.40. The summed E-state index contributed by atoms with van der Waals surface area (Å²) in [7, 11) is 0. The van der Waals surface area contributed by atoms with Crippen LogP contribution >= 0.6 is 0 Å². The second kappa shape index (κ2) is 4.00. The Morgan fingerprint density at radius 2 is 2.06 bits per heavy atom. The van der Waals surface area contributed by atoms with Gasteiger partial charge in [-0.2, -0.15) is 0 Å². The molecule has 1 aliphatic heterocycles. The average Bonchev–Trinajstić information content (AvgIpc) is 2.68. The zero-order valence-electron chi connectivity index (χ0n) is 10.3. The van der Waals surface area contributed by atoms with Gasteiger partial charge in [0, 0.05) is 36.6 Å². The van der Waals surface area contributed by atoms with Gasteiger partial charge in [-0.1, -0.05) is 6.07 Å². The Morgan fingerprint density at radius 1 is 1.24 bits per heavy atom. The summed E-state index contributed by atoms with van der Waals surface area (Å²) in [6, 6.07) is 6.57. The highest BCUT2D eigenvalue weighted by Gasteiger charge is 2.22. The molecule has 0 bridgehead atoms. The first kappa shape index (κ1) is 10.5. The van der Waals surface area contributed by atoms with E-state index in [0.29, 0.717) is 5.92 Å². The molecule has 3 nitrogen and oxygen atoms in total. The molecule has 3 rings (SSSR count). The molecule has 3 heteroatoms. The smallest absolute Gasteiger partial charge is 0.0994 e. The Balaban J connectivity index is 2.02. The van der Waals surface area contributed by atoms with Gasteiger partial charge in [0.15, 0.2) is 0 Å². The van der Waals surface area contributed by atoms with Crippen molar-refractivity contribution in [3.05, 3.63) is 47.5 Å². The number of aryl methyl sites for hydroxylation is 2. The zero-order chi connectivity index (χ0) is 11.8. The summed E-state index contributed by atoms with van der Waals surface area (Å²) in [5.41, 5.74) is 5.19. The van der Waals surface area contributed by atoms with E-state index in [1.54, 1.807) is 0 Å². The van der Waals surface area contributed by atoms with Gasteiger partial charge in [-0.3, -0.25) is 0 Å². The molecule has 17 heavy (non-hydrogen) atoms. The minimum absolute atomic E-state index is 0.610. The molecule has 0 atom stereocenters. The molecule has 88 valence electrons. The molecule has 1 aromatic heterocycles. The average molecular weight is 227 g/mol. The Kier molecular flexibility index (Phi) is 2.48. The van der Waals surface area contributed by atoms with Crippen LogP contribution in [0.4, 0.5) is 0 Å². The summed E-state index contributed by atoms with van der Waals surface area (Å²) in [5, 5.41) is 3.31. The number of benzene rings is 1. The maximum Gasteiger partial charge on any atom is 0.0994 e. The van der Waals surface area contributed by atoms with Crippen molar-refractivity contribution >= 4 is 0 Å². The van der Waals surface area contributed by atoms with Crippen molar-refractivity contribution in [3.8, 4) is 5.69 Å². The summed E-state index contributed by atoms with van der Waals surface area (Å²) >= 11 is 0. The van der Waals surface area contributed by atoms with E-state index in [-0.39, 0.29) is 0 Å². The fourth-order valence-corrected chi connectivity index (χ4v) is 2.20. The van der Waals surface area contributed by atoms with Gasteiger partial charge in [0.1, 0.15) is 0 Å². The number of imidazole rings is 1. The molecule has 0 amide bonds. The Labute approximate surface area is 101 Å². The predicted octanol–water partition coefficient (Wildman–Crippen LogP) is 2.18. The first-order valence-corrected chi connectivity index (χ1v) is 6.06. The van der Waals surface area contributed by atoms with Crippen LogP contribution in [-0.4, -0.2) is 22.6 Å². The Morgan fingerprint density at radius 3 is 2.71 bits per heavy atom. The third-order valence-electron chi connectivity index (χ3n) is 3.64. The second-order valence-corrected chi connectivity index (χ2v) is 4.81. The number of rotatable bonds is 2. The van der Waals surface area contributed by atoms with Crippen LogP contribution in [-0.2, 0) is 0 Å². The Hall–Kier alpha value is -1.61. The van der Waals surface area contributed by atoms with E-state index >= 15 is 0 Å². The van der Waals surface area contributed by atoms with E-state index < -0.39 is 0 Å². The summed E-state index contributed by atoms with van der Waals surface area (Å²) in [5.74, 6) is 0.610. The molecular formula is C14H17N3. The van der Waals surface area contributed by atoms with Gasteiger partial charge in [-0.15, -0.1) is 0 Å². The molecule has 2 aromatic rings. The van der Waals surface area contributed by atoms with E-state index in [1.807, 2.05) is 12.5 Å². The first-order valence-electron chi connectivity index (χ1n) is 6.06. The quantitative estimate of drug-likeness (QED) is 0.852. The third kappa shape index (κ3) is 1.76. The van der Waals surface area contributed by atoms with Crippen molar-refractivity contribution in [1.29, 1.82) is 0 Å². The van der Waals surface area contributed by atoms with Gasteiger partial charge in [0.25, 0.3) is 0 Å². The van der Waals surface area contributed by atoms with Crippen molar-refractivity contribution in [1.82, 2.24) is 14.9 Å². The minimum Gasteiger partial charge on any atom is -0.315 e. The topological polar surface area (TPSA) is 29.9 Å². The van der Waals surface area contributed by atoms with E-state index in [0.717, 1.165) is 13.1 Å². The highest BCUT2D eigenvalue weighted by Crippen LogP contribution is 2.23. The molecule has 0 radical (unpaired) electrons. The predicted molar refractivity (Wildman–Crippen MR) is 68.6 cm³/mol. The lowest BCUT2D eigenvalue weighted by molar-refractivity contribution is 0.435. The molecule has 1 N–H and O–H groups in total. The summed E-state index contributed by atoms with van der Waals surface area (Å²) in [4.78, 5) is 4.29. The molecule has 1 aliphatic rings. The summed E-state index contributed by atoms with van der Waals surface area (Å²) in [6.07, 6.45) is 3.90.